The second-order valence-corrected chi connectivity index (χ2v) is 7.17. The van der Waals surface area contributed by atoms with Crippen molar-refractivity contribution >= 4 is 34.5 Å². The van der Waals surface area contributed by atoms with Gasteiger partial charge in [-0.3, -0.25) is 0 Å². The number of nitrogens with zero attached hydrogens (tertiary/aromatic N) is 1. The van der Waals surface area contributed by atoms with Crippen molar-refractivity contribution in [3.8, 4) is 0 Å². The zero-order valence-electron chi connectivity index (χ0n) is 11.7. The molecule has 1 aliphatic rings. The molecule has 0 spiro atoms. The van der Waals surface area contributed by atoms with E-state index in [2.05, 4.69) is 31.7 Å². The quantitative estimate of drug-likeness (QED) is 0.841. The Bertz CT molecular complexity index is 493. The molecule has 1 unspecified atom stereocenters. The molecule has 1 heterocycles. The Morgan fingerprint density at radius 2 is 2.11 bits per heavy atom. The summed E-state index contributed by atoms with van der Waals surface area (Å²) in [7, 11) is 0. The van der Waals surface area contributed by atoms with Crippen molar-refractivity contribution in [2.75, 3.05) is 18.0 Å². The van der Waals surface area contributed by atoms with Gasteiger partial charge in [0.1, 0.15) is 4.99 Å². The van der Waals surface area contributed by atoms with Crippen LogP contribution in [0.5, 0.6) is 0 Å². The number of rotatable bonds is 2. The summed E-state index contributed by atoms with van der Waals surface area (Å²) in [4.78, 5) is 2.75. The molecule has 1 aliphatic heterocycles. The molecule has 104 valence electrons. The lowest BCUT2D eigenvalue weighted by atomic mass is 9.80. The summed E-state index contributed by atoms with van der Waals surface area (Å²) >= 11 is 11.2. The van der Waals surface area contributed by atoms with E-state index in [0.717, 1.165) is 30.3 Å². The largest absolute Gasteiger partial charge is 0.389 e. The molecular weight excluding hydrogens is 276 g/mol. The van der Waals surface area contributed by atoms with Crippen LogP contribution in [0.25, 0.3) is 0 Å². The SMILES string of the molecule is CC(C)(C)C1CCN(c2ccc(C(N)=S)c(Cl)c2)C1. The summed E-state index contributed by atoms with van der Waals surface area (Å²) in [6.07, 6.45) is 1.23. The first-order valence-corrected chi connectivity index (χ1v) is 7.42. The Morgan fingerprint density at radius 3 is 2.58 bits per heavy atom. The molecular formula is C15H21ClN2S. The van der Waals surface area contributed by atoms with E-state index in [1.54, 1.807) is 0 Å². The van der Waals surface area contributed by atoms with Crippen LogP contribution < -0.4 is 10.6 Å². The van der Waals surface area contributed by atoms with E-state index >= 15 is 0 Å². The van der Waals surface area contributed by atoms with Gasteiger partial charge in [-0.15, -0.1) is 0 Å². The van der Waals surface area contributed by atoms with Crippen molar-refractivity contribution in [2.24, 2.45) is 17.1 Å². The van der Waals surface area contributed by atoms with E-state index in [-0.39, 0.29) is 0 Å². The monoisotopic (exact) mass is 296 g/mol. The summed E-state index contributed by atoms with van der Waals surface area (Å²) in [5.41, 5.74) is 7.91. The van der Waals surface area contributed by atoms with Crippen LogP contribution in [-0.2, 0) is 0 Å². The molecule has 4 heteroatoms. The lowest BCUT2D eigenvalue weighted by molar-refractivity contribution is 0.263. The second-order valence-electron chi connectivity index (χ2n) is 6.33. The lowest BCUT2D eigenvalue weighted by Gasteiger charge is -2.27. The summed E-state index contributed by atoms with van der Waals surface area (Å²) in [6, 6.07) is 5.96. The molecule has 1 aromatic rings. The average Bonchev–Trinajstić information content (AvgIpc) is 2.76. The highest BCUT2D eigenvalue weighted by atomic mass is 35.5. The van der Waals surface area contributed by atoms with Gasteiger partial charge in [-0.05, 0) is 36.0 Å². The molecule has 0 aliphatic carbocycles. The van der Waals surface area contributed by atoms with Crippen molar-refractivity contribution in [2.45, 2.75) is 27.2 Å². The van der Waals surface area contributed by atoms with Crippen LogP contribution in [0.3, 0.4) is 0 Å². The van der Waals surface area contributed by atoms with E-state index in [0.29, 0.717) is 15.4 Å². The van der Waals surface area contributed by atoms with Gasteiger partial charge in [0, 0.05) is 24.3 Å². The minimum absolute atomic E-state index is 0.352. The molecule has 0 amide bonds. The van der Waals surface area contributed by atoms with E-state index in [4.69, 9.17) is 29.6 Å². The maximum absolute atomic E-state index is 6.23. The van der Waals surface area contributed by atoms with Gasteiger partial charge in [0.05, 0.1) is 5.02 Å². The van der Waals surface area contributed by atoms with Crippen LogP contribution in [0.15, 0.2) is 18.2 Å². The number of anilines is 1. The number of hydrogen-bond donors (Lipinski definition) is 1. The number of hydrogen-bond acceptors (Lipinski definition) is 2. The van der Waals surface area contributed by atoms with E-state index in [9.17, 15) is 0 Å². The Labute approximate surface area is 125 Å². The predicted octanol–water partition coefficient (Wildman–Crippen LogP) is 3.85. The van der Waals surface area contributed by atoms with Crippen LogP contribution in [0.2, 0.25) is 5.02 Å². The standard InChI is InChI=1S/C15H21ClN2S/c1-15(2,3)10-6-7-18(9-10)11-4-5-12(14(17)19)13(16)8-11/h4-5,8,10H,6-7,9H2,1-3H3,(H2,17,19). The van der Waals surface area contributed by atoms with Gasteiger partial charge in [-0.25, -0.2) is 0 Å². The van der Waals surface area contributed by atoms with Gasteiger partial charge in [0.2, 0.25) is 0 Å². The Balaban J connectivity index is 2.16. The topological polar surface area (TPSA) is 29.3 Å². The van der Waals surface area contributed by atoms with Gasteiger partial charge in [0.25, 0.3) is 0 Å². The third-order valence-corrected chi connectivity index (χ3v) is 4.53. The summed E-state index contributed by atoms with van der Waals surface area (Å²) in [5, 5.41) is 0.643. The normalized spacial score (nSPS) is 19.8. The molecule has 0 bridgehead atoms. The molecule has 1 atom stereocenters. The first-order chi connectivity index (χ1) is 8.79. The molecule has 0 saturated carbocycles. The van der Waals surface area contributed by atoms with Gasteiger partial charge in [-0.1, -0.05) is 44.6 Å². The summed E-state index contributed by atoms with van der Waals surface area (Å²) < 4.78 is 0. The van der Waals surface area contributed by atoms with Crippen LogP contribution in [0.1, 0.15) is 32.8 Å². The van der Waals surface area contributed by atoms with E-state index in [1.165, 1.54) is 6.42 Å². The summed E-state index contributed by atoms with van der Waals surface area (Å²) in [5.74, 6) is 0.724. The number of benzene rings is 1. The van der Waals surface area contributed by atoms with Crippen molar-refractivity contribution in [1.82, 2.24) is 0 Å². The molecule has 2 N–H and O–H groups in total. The smallest absolute Gasteiger partial charge is 0.105 e. The molecule has 2 rings (SSSR count). The minimum atomic E-state index is 0.352. The first kappa shape index (κ1) is 14.6. The Kier molecular flexibility index (Phi) is 4.07. The van der Waals surface area contributed by atoms with Crippen LogP contribution >= 0.6 is 23.8 Å². The van der Waals surface area contributed by atoms with Crippen LogP contribution in [0, 0.1) is 11.3 Å². The first-order valence-electron chi connectivity index (χ1n) is 6.63. The van der Waals surface area contributed by atoms with Crippen molar-refractivity contribution in [3.05, 3.63) is 28.8 Å². The van der Waals surface area contributed by atoms with Gasteiger partial charge >= 0.3 is 0 Å². The van der Waals surface area contributed by atoms with Crippen molar-refractivity contribution in [1.29, 1.82) is 0 Å². The zero-order valence-corrected chi connectivity index (χ0v) is 13.3. The molecule has 0 aromatic heterocycles. The number of nitrogens with two attached hydrogens (primary N) is 1. The number of thiocarbonyl (C=S) groups is 1. The molecule has 1 fully saturated rings. The highest BCUT2D eigenvalue weighted by molar-refractivity contribution is 7.80. The molecule has 1 aromatic carbocycles. The molecule has 2 nitrogen and oxygen atoms in total. The minimum Gasteiger partial charge on any atom is -0.389 e. The lowest BCUT2D eigenvalue weighted by Crippen LogP contribution is -2.25. The zero-order chi connectivity index (χ0) is 14.2. The van der Waals surface area contributed by atoms with Gasteiger partial charge < -0.3 is 10.6 Å². The molecule has 1 saturated heterocycles. The predicted molar refractivity (Wildman–Crippen MR) is 87.1 cm³/mol. The van der Waals surface area contributed by atoms with Gasteiger partial charge in [-0.2, -0.15) is 0 Å². The number of halogens is 1. The highest BCUT2D eigenvalue weighted by Gasteiger charge is 2.31. The highest BCUT2D eigenvalue weighted by Crippen LogP contribution is 2.36. The Hall–Kier alpha value is -0.800. The summed E-state index contributed by atoms with van der Waals surface area (Å²) in [6.45, 7) is 9.11. The van der Waals surface area contributed by atoms with Crippen molar-refractivity contribution < 1.29 is 0 Å². The third kappa shape index (κ3) is 3.21. The third-order valence-electron chi connectivity index (χ3n) is 4.00. The van der Waals surface area contributed by atoms with E-state index < -0.39 is 0 Å². The van der Waals surface area contributed by atoms with Gasteiger partial charge in [0.15, 0.2) is 0 Å². The fourth-order valence-corrected chi connectivity index (χ4v) is 3.11. The van der Waals surface area contributed by atoms with Crippen molar-refractivity contribution in [3.63, 3.8) is 0 Å². The molecule has 0 radical (unpaired) electrons. The van der Waals surface area contributed by atoms with E-state index in [1.807, 2.05) is 12.1 Å². The fourth-order valence-electron chi connectivity index (χ4n) is 2.60. The average molecular weight is 297 g/mol. The maximum atomic E-state index is 6.23. The maximum Gasteiger partial charge on any atom is 0.105 e. The second kappa shape index (κ2) is 5.29. The van der Waals surface area contributed by atoms with Crippen LogP contribution in [-0.4, -0.2) is 18.1 Å². The fraction of sp³-hybridized carbons (Fsp3) is 0.533. The van der Waals surface area contributed by atoms with Crippen LogP contribution in [0.4, 0.5) is 5.69 Å². The Morgan fingerprint density at radius 1 is 1.42 bits per heavy atom. The molecule has 19 heavy (non-hydrogen) atoms.